The molecular formula is C22H22N2O3S. The van der Waals surface area contributed by atoms with E-state index in [1.165, 1.54) is 11.1 Å². The Morgan fingerprint density at radius 3 is 2.61 bits per heavy atom. The van der Waals surface area contributed by atoms with E-state index in [0.29, 0.717) is 23.8 Å². The predicted octanol–water partition coefficient (Wildman–Crippen LogP) is 5.09. The number of hydrogen-bond acceptors (Lipinski definition) is 4. The van der Waals surface area contributed by atoms with Gasteiger partial charge in [-0.3, -0.25) is 10.1 Å². The zero-order valence-electron chi connectivity index (χ0n) is 16.0. The average molecular weight is 394 g/mol. The zero-order chi connectivity index (χ0) is 20.1. The number of ether oxygens (including phenoxy) is 1. The van der Waals surface area contributed by atoms with Crippen LogP contribution < -0.4 is 15.4 Å². The van der Waals surface area contributed by atoms with Crippen LogP contribution in [0.4, 0.5) is 5.69 Å². The molecule has 0 radical (unpaired) electrons. The number of carbonyl (C=O) groups excluding carboxylic acids is 1. The highest BCUT2D eigenvalue weighted by Gasteiger charge is 2.15. The summed E-state index contributed by atoms with van der Waals surface area (Å²) in [5, 5.41) is 5.78. The fourth-order valence-corrected chi connectivity index (χ4v) is 2.88. The van der Waals surface area contributed by atoms with E-state index in [1.54, 1.807) is 12.1 Å². The Morgan fingerprint density at radius 2 is 1.86 bits per heavy atom. The molecule has 0 saturated heterocycles. The predicted molar refractivity (Wildman–Crippen MR) is 115 cm³/mol. The molecule has 3 aromatic rings. The second-order valence-corrected chi connectivity index (χ2v) is 6.71. The second-order valence-electron chi connectivity index (χ2n) is 6.30. The van der Waals surface area contributed by atoms with Gasteiger partial charge in [-0.2, -0.15) is 0 Å². The highest BCUT2D eigenvalue weighted by molar-refractivity contribution is 7.80. The molecule has 0 atom stereocenters. The van der Waals surface area contributed by atoms with Crippen molar-refractivity contribution >= 4 is 28.9 Å². The summed E-state index contributed by atoms with van der Waals surface area (Å²) >= 11 is 5.25. The first kappa shape index (κ1) is 19.6. The number of furan rings is 1. The number of rotatable bonds is 5. The number of nitrogens with one attached hydrogen (secondary N) is 2. The molecular weight excluding hydrogens is 372 g/mol. The molecule has 1 aromatic heterocycles. The van der Waals surface area contributed by atoms with Gasteiger partial charge in [-0.15, -0.1) is 0 Å². The SMILES string of the molecule is CCOc1ccccc1NC(=S)NC(=O)c1ccc(-c2ccc(C)c(C)c2)o1. The molecule has 6 heteroatoms. The van der Waals surface area contributed by atoms with Crippen LogP contribution in [-0.2, 0) is 0 Å². The molecule has 0 aliphatic carbocycles. The van der Waals surface area contributed by atoms with Crippen molar-refractivity contribution < 1.29 is 13.9 Å². The van der Waals surface area contributed by atoms with E-state index in [-0.39, 0.29) is 10.9 Å². The van der Waals surface area contributed by atoms with Crippen molar-refractivity contribution in [3.63, 3.8) is 0 Å². The van der Waals surface area contributed by atoms with Crippen LogP contribution in [0.15, 0.2) is 59.0 Å². The quantitative estimate of drug-likeness (QED) is 0.590. The first-order valence-corrected chi connectivity index (χ1v) is 9.40. The Kier molecular flexibility index (Phi) is 6.11. The van der Waals surface area contributed by atoms with E-state index in [1.807, 2.05) is 56.3 Å². The molecule has 1 heterocycles. The third-order valence-corrected chi connectivity index (χ3v) is 4.49. The van der Waals surface area contributed by atoms with E-state index >= 15 is 0 Å². The van der Waals surface area contributed by atoms with Crippen LogP contribution in [0.5, 0.6) is 5.75 Å². The third-order valence-electron chi connectivity index (χ3n) is 4.28. The van der Waals surface area contributed by atoms with Crippen molar-refractivity contribution in [2.24, 2.45) is 0 Å². The van der Waals surface area contributed by atoms with Crippen molar-refractivity contribution in [2.75, 3.05) is 11.9 Å². The standard InChI is InChI=1S/C22H22N2O3S/c1-4-26-19-8-6-5-7-17(19)23-22(28)24-21(25)20-12-11-18(27-20)16-10-9-14(2)15(3)13-16/h5-13H,4H2,1-3H3,(H2,23,24,25,28). The van der Waals surface area contributed by atoms with Gasteiger partial charge in [0.05, 0.1) is 12.3 Å². The van der Waals surface area contributed by atoms with Crippen molar-refractivity contribution in [1.29, 1.82) is 0 Å². The summed E-state index contributed by atoms with van der Waals surface area (Å²) in [5.41, 5.74) is 3.98. The van der Waals surface area contributed by atoms with E-state index in [2.05, 4.69) is 17.6 Å². The minimum atomic E-state index is -0.415. The number of carbonyl (C=O) groups is 1. The number of amides is 1. The molecule has 28 heavy (non-hydrogen) atoms. The highest BCUT2D eigenvalue weighted by Crippen LogP contribution is 2.25. The van der Waals surface area contributed by atoms with Gasteiger partial charge in [0.25, 0.3) is 5.91 Å². The summed E-state index contributed by atoms with van der Waals surface area (Å²) in [6, 6.07) is 16.8. The Morgan fingerprint density at radius 1 is 1.07 bits per heavy atom. The van der Waals surface area contributed by atoms with Crippen LogP contribution in [0.1, 0.15) is 28.6 Å². The van der Waals surface area contributed by atoms with Gasteiger partial charge >= 0.3 is 0 Å². The first-order chi connectivity index (χ1) is 13.5. The molecule has 1 amide bonds. The molecule has 0 aliphatic rings. The van der Waals surface area contributed by atoms with E-state index in [9.17, 15) is 4.79 Å². The lowest BCUT2D eigenvalue weighted by Gasteiger charge is -2.13. The number of hydrogen-bond donors (Lipinski definition) is 2. The van der Waals surface area contributed by atoms with Gasteiger partial charge in [0.2, 0.25) is 0 Å². The molecule has 0 unspecified atom stereocenters. The zero-order valence-corrected chi connectivity index (χ0v) is 16.9. The molecule has 144 valence electrons. The Labute approximate surface area is 169 Å². The maximum absolute atomic E-state index is 12.5. The molecule has 0 fully saturated rings. The minimum absolute atomic E-state index is 0.168. The van der Waals surface area contributed by atoms with Crippen LogP contribution in [0.25, 0.3) is 11.3 Å². The summed E-state index contributed by atoms with van der Waals surface area (Å²) in [6.45, 7) is 6.53. The lowest BCUT2D eigenvalue weighted by molar-refractivity contribution is 0.0951. The number of para-hydroxylation sites is 2. The summed E-state index contributed by atoms with van der Waals surface area (Å²) in [4.78, 5) is 12.5. The lowest BCUT2D eigenvalue weighted by Crippen LogP contribution is -2.34. The average Bonchev–Trinajstić information content (AvgIpc) is 3.16. The van der Waals surface area contributed by atoms with Crippen LogP contribution >= 0.6 is 12.2 Å². The number of benzene rings is 2. The number of thiocarbonyl (C=S) groups is 1. The Hall–Kier alpha value is -3.12. The van der Waals surface area contributed by atoms with Crippen molar-refractivity contribution in [3.05, 3.63) is 71.5 Å². The Balaban J connectivity index is 1.67. The number of aryl methyl sites for hydroxylation is 2. The number of anilines is 1. The van der Waals surface area contributed by atoms with Crippen LogP contribution in [-0.4, -0.2) is 17.6 Å². The van der Waals surface area contributed by atoms with Gasteiger partial charge in [-0.05, 0) is 74.4 Å². The lowest BCUT2D eigenvalue weighted by atomic mass is 10.1. The van der Waals surface area contributed by atoms with Gasteiger partial charge in [0.15, 0.2) is 10.9 Å². The van der Waals surface area contributed by atoms with E-state index < -0.39 is 5.91 Å². The molecule has 2 aromatic carbocycles. The molecule has 0 saturated carbocycles. The summed E-state index contributed by atoms with van der Waals surface area (Å²) in [6.07, 6.45) is 0. The van der Waals surface area contributed by atoms with Crippen molar-refractivity contribution in [1.82, 2.24) is 5.32 Å². The fourth-order valence-electron chi connectivity index (χ4n) is 2.68. The van der Waals surface area contributed by atoms with E-state index in [0.717, 1.165) is 5.56 Å². The molecule has 2 N–H and O–H groups in total. The summed E-state index contributed by atoms with van der Waals surface area (Å²) in [7, 11) is 0. The molecule has 0 bridgehead atoms. The maximum atomic E-state index is 12.5. The van der Waals surface area contributed by atoms with Crippen molar-refractivity contribution in [2.45, 2.75) is 20.8 Å². The van der Waals surface area contributed by atoms with E-state index in [4.69, 9.17) is 21.4 Å². The van der Waals surface area contributed by atoms with Gasteiger partial charge in [0.1, 0.15) is 11.5 Å². The van der Waals surface area contributed by atoms with Gasteiger partial charge in [-0.25, -0.2) is 0 Å². The Bertz CT molecular complexity index is 1010. The second kappa shape index (κ2) is 8.71. The fraction of sp³-hybridized carbons (Fsp3) is 0.182. The normalized spacial score (nSPS) is 10.4. The molecule has 0 aliphatic heterocycles. The molecule has 3 rings (SSSR count). The summed E-state index contributed by atoms with van der Waals surface area (Å²) < 4.78 is 11.3. The largest absolute Gasteiger partial charge is 0.492 e. The van der Waals surface area contributed by atoms with Crippen LogP contribution in [0.3, 0.4) is 0 Å². The smallest absolute Gasteiger partial charge is 0.293 e. The summed E-state index contributed by atoms with van der Waals surface area (Å²) in [5.74, 6) is 1.07. The van der Waals surface area contributed by atoms with Gasteiger partial charge in [-0.1, -0.05) is 24.3 Å². The van der Waals surface area contributed by atoms with Gasteiger partial charge < -0.3 is 14.5 Å². The monoisotopic (exact) mass is 394 g/mol. The molecule has 5 nitrogen and oxygen atoms in total. The third kappa shape index (κ3) is 4.58. The minimum Gasteiger partial charge on any atom is -0.492 e. The van der Waals surface area contributed by atoms with Crippen LogP contribution in [0.2, 0.25) is 0 Å². The van der Waals surface area contributed by atoms with Crippen molar-refractivity contribution in [3.8, 4) is 17.1 Å². The van der Waals surface area contributed by atoms with Crippen LogP contribution in [0, 0.1) is 13.8 Å². The molecule has 0 spiro atoms. The topological polar surface area (TPSA) is 63.5 Å². The van der Waals surface area contributed by atoms with Gasteiger partial charge in [0, 0.05) is 5.56 Å². The first-order valence-electron chi connectivity index (χ1n) is 8.99. The maximum Gasteiger partial charge on any atom is 0.293 e. The highest BCUT2D eigenvalue weighted by atomic mass is 32.1.